The Labute approximate surface area is 124 Å². The highest BCUT2D eigenvalue weighted by Crippen LogP contribution is 2.22. The van der Waals surface area contributed by atoms with E-state index in [9.17, 15) is 0 Å². The van der Waals surface area contributed by atoms with E-state index in [1.165, 1.54) is 10.5 Å². The summed E-state index contributed by atoms with van der Waals surface area (Å²) in [5, 5.41) is 3.55. The Bertz CT molecular complexity index is 496. The summed E-state index contributed by atoms with van der Waals surface area (Å²) in [4.78, 5) is 1.28. The third kappa shape index (κ3) is 3.88. The van der Waals surface area contributed by atoms with E-state index in [-0.39, 0.29) is 12.1 Å². The van der Waals surface area contributed by atoms with Crippen molar-refractivity contribution in [3.63, 3.8) is 0 Å². The van der Waals surface area contributed by atoms with E-state index in [1.54, 1.807) is 25.1 Å². The number of nitrogens with one attached hydrogen (secondary N) is 1. The number of rotatable bonds is 7. The minimum absolute atomic E-state index is 0.0604. The van der Waals surface area contributed by atoms with Gasteiger partial charge in [-0.1, -0.05) is 12.1 Å². The summed E-state index contributed by atoms with van der Waals surface area (Å²) in [6, 6.07) is 12.8. The van der Waals surface area contributed by atoms with Gasteiger partial charge in [0.2, 0.25) is 0 Å². The van der Waals surface area contributed by atoms with Crippen molar-refractivity contribution in [2.75, 3.05) is 20.0 Å². The maximum Gasteiger partial charge on any atom is 0.123 e. The van der Waals surface area contributed by atoms with Crippen LogP contribution in [0.15, 0.2) is 52.0 Å². The summed E-state index contributed by atoms with van der Waals surface area (Å²) in [5.41, 5.74) is 1.26. The van der Waals surface area contributed by atoms with Crippen LogP contribution in [0.25, 0.3) is 0 Å². The summed E-state index contributed by atoms with van der Waals surface area (Å²) in [5.74, 6) is 0.902. The Morgan fingerprint density at radius 3 is 2.55 bits per heavy atom. The van der Waals surface area contributed by atoms with Gasteiger partial charge in [0.05, 0.1) is 18.9 Å². The van der Waals surface area contributed by atoms with E-state index in [0.717, 1.165) is 5.76 Å². The maximum atomic E-state index is 5.48. The quantitative estimate of drug-likeness (QED) is 0.781. The van der Waals surface area contributed by atoms with Crippen LogP contribution in [0.2, 0.25) is 0 Å². The van der Waals surface area contributed by atoms with Crippen molar-refractivity contribution in [2.24, 2.45) is 0 Å². The molecular formula is C16H21NO2S. The van der Waals surface area contributed by atoms with Gasteiger partial charge in [-0.15, -0.1) is 11.8 Å². The molecule has 1 heterocycles. The van der Waals surface area contributed by atoms with Crippen molar-refractivity contribution in [3.05, 3.63) is 54.0 Å². The molecule has 1 N–H and O–H groups in total. The van der Waals surface area contributed by atoms with Crippen LogP contribution >= 0.6 is 11.8 Å². The molecule has 2 rings (SSSR count). The zero-order valence-electron chi connectivity index (χ0n) is 12.1. The number of ether oxygens (including phenoxy) is 1. The van der Waals surface area contributed by atoms with E-state index in [1.807, 2.05) is 12.1 Å². The molecule has 0 amide bonds. The van der Waals surface area contributed by atoms with Crippen LogP contribution in [0.3, 0.4) is 0 Å². The van der Waals surface area contributed by atoms with Crippen LogP contribution in [0.5, 0.6) is 0 Å². The molecule has 1 aromatic carbocycles. The monoisotopic (exact) mass is 291 g/mol. The minimum Gasteiger partial charge on any atom is -0.468 e. The van der Waals surface area contributed by atoms with Crippen molar-refractivity contribution < 1.29 is 9.15 Å². The first-order valence-electron chi connectivity index (χ1n) is 6.67. The standard InChI is InChI=1S/C16H21NO2S/c1-12(13-6-8-14(20-3)9-7-13)17-15(11-18-2)16-5-4-10-19-16/h4-10,12,15,17H,11H2,1-3H3/t12-,15-/m1/s1. The minimum atomic E-state index is 0.0604. The molecule has 0 spiro atoms. The number of hydrogen-bond acceptors (Lipinski definition) is 4. The van der Waals surface area contributed by atoms with E-state index >= 15 is 0 Å². The lowest BCUT2D eigenvalue weighted by atomic mass is 10.1. The van der Waals surface area contributed by atoms with E-state index in [4.69, 9.17) is 9.15 Å². The molecule has 2 aromatic rings. The van der Waals surface area contributed by atoms with Gasteiger partial charge < -0.3 is 9.15 Å². The summed E-state index contributed by atoms with van der Waals surface area (Å²) in [7, 11) is 1.70. The second-order valence-electron chi connectivity index (χ2n) is 4.68. The molecule has 0 bridgehead atoms. The van der Waals surface area contributed by atoms with Gasteiger partial charge in [-0.25, -0.2) is 0 Å². The van der Waals surface area contributed by atoms with Gasteiger partial charge in [0.1, 0.15) is 5.76 Å². The molecule has 0 radical (unpaired) electrons. The van der Waals surface area contributed by atoms with Crippen molar-refractivity contribution in [2.45, 2.75) is 23.9 Å². The second kappa shape index (κ2) is 7.53. The number of thioether (sulfide) groups is 1. The predicted molar refractivity (Wildman–Crippen MR) is 83.1 cm³/mol. The molecule has 2 atom stereocenters. The molecule has 0 aliphatic carbocycles. The summed E-state index contributed by atoms with van der Waals surface area (Å²) < 4.78 is 10.8. The third-order valence-electron chi connectivity index (χ3n) is 3.29. The molecule has 0 aliphatic rings. The number of methoxy groups -OCH3 is 1. The van der Waals surface area contributed by atoms with E-state index < -0.39 is 0 Å². The lowest BCUT2D eigenvalue weighted by Gasteiger charge is -2.21. The Balaban J connectivity index is 2.05. The lowest BCUT2D eigenvalue weighted by Crippen LogP contribution is -2.27. The van der Waals surface area contributed by atoms with Gasteiger partial charge in [0.25, 0.3) is 0 Å². The van der Waals surface area contributed by atoms with Gasteiger partial charge in [-0.05, 0) is 43.0 Å². The van der Waals surface area contributed by atoms with Gasteiger partial charge >= 0.3 is 0 Å². The zero-order valence-corrected chi connectivity index (χ0v) is 12.9. The van der Waals surface area contributed by atoms with Gasteiger partial charge in [0, 0.05) is 18.0 Å². The highest BCUT2D eigenvalue weighted by molar-refractivity contribution is 7.98. The third-order valence-corrected chi connectivity index (χ3v) is 4.03. The summed E-state index contributed by atoms with van der Waals surface area (Å²) in [6.45, 7) is 2.74. The fourth-order valence-corrected chi connectivity index (χ4v) is 2.57. The molecule has 0 aliphatic heterocycles. The molecule has 0 saturated heterocycles. The van der Waals surface area contributed by atoms with Gasteiger partial charge in [-0.2, -0.15) is 0 Å². The van der Waals surface area contributed by atoms with E-state index in [0.29, 0.717) is 6.61 Å². The van der Waals surface area contributed by atoms with Crippen LogP contribution in [0.4, 0.5) is 0 Å². The molecule has 20 heavy (non-hydrogen) atoms. The smallest absolute Gasteiger partial charge is 0.123 e. The topological polar surface area (TPSA) is 34.4 Å². The Morgan fingerprint density at radius 2 is 2.00 bits per heavy atom. The fraction of sp³-hybridized carbons (Fsp3) is 0.375. The Morgan fingerprint density at radius 1 is 1.25 bits per heavy atom. The van der Waals surface area contributed by atoms with Gasteiger partial charge in [-0.3, -0.25) is 5.32 Å². The molecule has 1 aromatic heterocycles. The number of hydrogen-bond donors (Lipinski definition) is 1. The normalized spacial score (nSPS) is 14.2. The maximum absolute atomic E-state index is 5.48. The molecule has 0 unspecified atom stereocenters. The van der Waals surface area contributed by atoms with Crippen LogP contribution in [0.1, 0.15) is 30.3 Å². The number of furan rings is 1. The molecular weight excluding hydrogens is 270 g/mol. The molecule has 108 valence electrons. The van der Waals surface area contributed by atoms with Crippen molar-refractivity contribution in [1.29, 1.82) is 0 Å². The molecule has 3 nitrogen and oxygen atoms in total. The van der Waals surface area contributed by atoms with E-state index in [2.05, 4.69) is 42.8 Å². The molecule has 0 fully saturated rings. The largest absolute Gasteiger partial charge is 0.468 e. The van der Waals surface area contributed by atoms with Crippen LogP contribution in [-0.2, 0) is 4.74 Å². The highest BCUT2D eigenvalue weighted by atomic mass is 32.2. The lowest BCUT2D eigenvalue weighted by molar-refractivity contribution is 0.152. The fourth-order valence-electron chi connectivity index (χ4n) is 2.16. The first-order chi connectivity index (χ1) is 9.74. The van der Waals surface area contributed by atoms with Gasteiger partial charge in [0.15, 0.2) is 0 Å². The predicted octanol–water partition coefficient (Wildman–Crippen LogP) is 4.04. The van der Waals surface area contributed by atoms with Crippen LogP contribution in [0, 0.1) is 0 Å². The summed E-state index contributed by atoms with van der Waals surface area (Å²) in [6.07, 6.45) is 3.78. The first kappa shape index (κ1) is 15.2. The second-order valence-corrected chi connectivity index (χ2v) is 5.56. The zero-order chi connectivity index (χ0) is 14.4. The SMILES string of the molecule is COC[C@@H](N[C@H](C)c1ccc(SC)cc1)c1ccco1. The average Bonchev–Trinajstić information content (AvgIpc) is 3.01. The highest BCUT2D eigenvalue weighted by Gasteiger charge is 2.17. The average molecular weight is 291 g/mol. The molecule has 4 heteroatoms. The van der Waals surface area contributed by atoms with Crippen molar-refractivity contribution in [3.8, 4) is 0 Å². The van der Waals surface area contributed by atoms with Crippen molar-refractivity contribution >= 4 is 11.8 Å². The van der Waals surface area contributed by atoms with Crippen LogP contribution < -0.4 is 5.32 Å². The van der Waals surface area contributed by atoms with Crippen LogP contribution in [-0.4, -0.2) is 20.0 Å². The number of benzene rings is 1. The van der Waals surface area contributed by atoms with Crippen molar-refractivity contribution in [1.82, 2.24) is 5.32 Å². The Hall–Kier alpha value is -1.23. The Kier molecular flexibility index (Phi) is 5.71. The first-order valence-corrected chi connectivity index (χ1v) is 7.89. The molecule has 0 saturated carbocycles. The summed E-state index contributed by atoms with van der Waals surface area (Å²) >= 11 is 1.75.